The number of piperidine rings is 1. The number of esters is 1. The molecule has 8 nitrogen and oxygen atoms in total. The number of thiophene rings is 1. The van der Waals surface area contributed by atoms with Crippen LogP contribution in [0.4, 0.5) is 9.18 Å². The van der Waals surface area contributed by atoms with E-state index in [1.807, 2.05) is 0 Å². The highest BCUT2D eigenvalue weighted by atomic mass is 32.1. The Kier molecular flexibility index (Phi) is 7.35. The summed E-state index contributed by atoms with van der Waals surface area (Å²) in [7, 11) is 0. The first-order valence-electron chi connectivity index (χ1n) is 9.86. The van der Waals surface area contributed by atoms with E-state index in [4.69, 9.17) is 4.74 Å². The number of amides is 3. The fourth-order valence-corrected chi connectivity index (χ4v) is 3.74. The minimum absolute atomic E-state index is 0.00943. The third-order valence-corrected chi connectivity index (χ3v) is 5.50. The lowest BCUT2D eigenvalue weighted by Gasteiger charge is -2.27. The number of hydrogen-bond acceptors (Lipinski definition) is 6. The zero-order valence-corrected chi connectivity index (χ0v) is 17.7. The zero-order chi connectivity index (χ0) is 22.4. The minimum atomic E-state index is -1.07. The number of benzene rings is 1. The molecule has 1 aliphatic rings. The van der Waals surface area contributed by atoms with Gasteiger partial charge in [-0.1, -0.05) is 0 Å². The molecule has 1 fully saturated rings. The van der Waals surface area contributed by atoms with Gasteiger partial charge in [0.1, 0.15) is 5.82 Å². The zero-order valence-electron chi connectivity index (χ0n) is 16.9. The van der Waals surface area contributed by atoms with E-state index in [0.29, 0.717) is 13.1 Å². The first-order chi connectivity index (χ1) is 14.9. The largest absolute Gasteiger partial charge is 0.436 e. The molecule has 0 saturated carbocycles. The van der Waals surface area contributed by atoms with Crippen LogP contribution in [0.5, 0.6) is 0 Å². The Bertz CT molecular complexity index is 973. The van der Waals surface area contributed by atoms with Crippen molar-refractivity contribution in [1.82, 2.24) is 15.3 Å². The van der Waals surface area contributed by atoms with Crippen molar-refractivity contribution in [2.24, 2.45) is 0 Å². The number of halogens is 1. The monoisotopic (exact) mass is 447 g/mol. The summed E-state index contributed by atoms with van der Waals surface area (Å²) < 4.78 is 19.3. The van der Waals surface area contributed by atoms with Crippen LogP contribution in [0.2, 0.25) is 0 Å². The Morgan fingerprint density at radius 3 is 2.48 bits per heavy atom. The minimum Gasteiger partial charge on any atom is -0.371 e. The molecular weight excluding hydrogens is 425 g/mol. The van der Waals surface area contributed by atoms with Crippen molar-refractivity contribution >= 4 is 35.2 Å². The van der Waals surface area contributed by atoms with E-state index in [0.717, 1.165) is 30.3 Å². The number of likely N-dealkylation sites (tertiary alicyclic amines) is 1. The second-order valence-corrected chi connectivity index (χ2v) is 7.68. The van der Waals surface area contributed by atoms with E-state index in [9.17, 15) is 23.6 Å². The predicted molar refractivity (Wildman–Crippen MR) is 111 cm³/mol. The van der Waals surface area contributed by atoms with Gasteiger partial charge in [-0.25, -0.2) is 19.0 Å². The number of ether oxygens (including phenoxy) is 1. The lowest BCUT2D eigenvalue weighted by Crippen LogP contribution is -2.46. The molecule has 0 atom stereocenters. The van der Waals surface area contributed by atoms with Crippen molar-refractivity contribution < 1.29 is 28.3 Å². The standard InChI is InChI=1S/C21H22FN3O5S/c1-2-25(21(29)30-20(28)15-8-11-31-13-15)23-18(26)14-6-7-16(17(22)12-14)19(27)24-9-4-3-5-10-24/h6-8,11-13H,2-5,9-10H2,1H3,(H,23,26). The van der Waals surface area contributed by atoms with Crippen LogP contribution in [0.15, 0.2) is 35.0 Å². The Hall–Kier alpha value is -3.27. The Balaban J connectivity index is 1.64. The van der Waals surface area contributed by atoms with Gasteiger partial charge >= 0.3 is 12.1 Å². The molecule has 2 heterocycles. The number of hydrazine groups is 1. The molecule has 0 spiro atoms. The second kappa shape index (κ2) is 10.2. The van der Waals surface area contributed by atoms with E-state index in [1.54, 1.807) is 17.2 Å². The molecule has 0 unspecified atom stereocenters. The van der Waals surface area contributed by atoms with E-state index in [1.165, 1.54) is 34.9 Å². The molecule has 31 heavy (non-hydrogen) atoms. The third-order valence-electron chi connectivity index (χ3n) is 4.81. The quantitative estimate of drug-likeness (QED) is 0.440. The normalized spacial score (nSPS) is 13.4. The first-order valence-corrected chi connectivity index (χ1v) is 10.8. The summed E-state index contributed by atoms with van der Waals surface area (Å²) in [5.74, 6) is -2.85. The summed E-state index contributed by atoms with van der Waals surface area (Å²) in [4.78, 5) is 50.6. The smallest absolute Gasteiger partial charge is 0.371 e. The number of carbonyl (C=O) groups is 4. The van der Waals surface area contributed by atoms with E-state index < -0.39 is 29.7 Å². The van der Waals surface area contributed by atoms with Crippen LogP contribution in [0.1, 0.15) is 57.3 Å². The SMILES string of the molecule is CCN(NC(=O)c1ccc(C(=O)N2CCCCC2)c(F)c1)C(=O)OC(=O)c1ccsc1. The number of nitrogens with one attached hydrogen (secondary N) is 1. The van der Waals surface area contributed by atoms with Gasteiger partial charge in [0.2, 0.25) is 0 Å². The van der Waals surface area contributed by atoms with Gasteiger partial charge in [-0.2, -0.15) is 11.3 Å². The molecule has 3 amide bonds. The van der Waals surface area contributed by atoms with Crippen LogP contribution in [-0.4, -0.2) is 53.4 Å². The highest BCUT2D eigenvalue weighted by Crippen LogP contribution is 2.17. The van der Waals surface area contributed by atoms with Gasteiger partial charge in [0.25, 0.3) is 11.8 Å². The van der Waals surface area contributed by atoms with Crippen LogP contribution in [0.3, 0.4) is 0 Å². The first kappa shape index (κ1) is 22.4. The molecule has 0 radical (unpaired) electrons. The fourth-order valence-electron chi connectivity index (χ4n) is 3.11. The summed E-state index contributed by atoms with van der Waals surface area (Å²) >= 11 is 1.27. The molecule has 2 aromatic rings. The number of carbonyl (C=O) groups excluding carboxylic acids is 4. The lowest BCUT2D eigenvalue weighted by molar-refractivity contribution is 0.0471. The molecule has 1 saturated heterocycles. The fraction of sp³-hybridized carbons (Fsp3) is 0.333. The average Bonchev–Trinajstić information content (AvgIpc) is 3.32. The van der Waals surface area contributed by atoms with Gasteiger partial charge in [-0.05, 0) is 55.8 Å². The number of nitrogens with zero attached hydrogens (tertiary/aromatic N) is 2. The molecule has 1 aliphatic heterocycles. The van der Waals surface area contributed by atoms with Crippen molar-refractivity contribution in [3.63, 3.8) is 0 Å². The maximum atomic E-state index is 14.5. The lowest BCUT2D eigenvalue weighted by atomic mass is 10.1. The van der Waals surface area contributed by atoms with Crippen molar-refractivity contribution in [1.29, 1.82) is 0 Å². The topological polar surface area (TPSA) is 96.0 Å². The maximum Gasteiger partial charge on any atom is 0.436 e. The molecule has 10 heteroatoms. The van der Waals surface area contributed by atoms with Crippen LogP contribution in [0, 0.1) is 5.82 Å². The Morgan fingerprint density at radius 2 is 1.87 bits per heavy atom. The van der Waals surface area contributed by atoms with Crippen LogP contribution >= 0.6 is 11.3 Å². The summed E-state index contributed by atoms with van der Waals surface area (Å²) in [6.45, 7) is 2.74. The summed E-state index contributed by atoms with van der Waals surface area (Å²) in [6, 6.07) is 5.02. The van der Waals surface area contributed by atoms with Crippen molar-refractivity contribution in [3.05, 3.63) is 57.5 Å². The molecule has 3 rings (SSSR count). The Labute approximate surface area is 182 Å². The molecule has 0 bridgehead atoms. The summed E-state index contributed by atoms with van der Waals surface area (Å²) in [5.41, 5.74) is 2.31. The van der Waals surface area contributed by atoms with Crippen LogP contribution in [-0.2, 0) is 4.74 Å². The maximum absolute atomic E-state index is 14.5. The van der Waals surface area contributed by atoms with E-state index in [2.05, 4.69) is 5.43 Å². The van der Waals surface area contributed by atoms with Crippen molar-refractivity contribution in [2.75, 3.05) is 19.6 Å². The molecule has 0 aliphatic carbocycles. The van der Waals surface area contributed by atoms with Crippen molar-refractivity contribution in [2.45, 2.75) is 26.2 Å². The summed E-state index contributed by atoms with van der Waals surface area (Å²) in [5, 5.41) is 3.99. The van der Waals surface area contributed by atoms with Crippen LogP contribution in [0.25, 0.3) is 0 Å². The highest BCUT2D eigenvalue weighted by molar-refractivity contribution is 7.08. The predicted octanol–water partition coefficient (Wildman–Crippen LogP) is 3.46. The Morgan fingerprint density at radius 1 is 1.13 bits per heavy atom. The highest BCUT2D eigenvalue weighted by Gasteiger charge is 2.24. The van der Waals surface area contributed by atoms with Gasteiger partial charge in [0.15, 0.2) is 0 Å². The van der Waals surface area contributed by atoms with Gasteiger partial charge in [0.05, 0.1) is 11.1 Å². The van der Waals surface area contributed by atoms with E-state index in [-0.39, 0.29) is 23.2 Å². The van der Waals surface area contributed by atoms with Gasteiger partial charge in [-0.3, -0.25) is 15.0 Å². The van der Waals surface area contributed by atoms with Crippen molar-refractivity contribution in [3.8, 4) is 0 Å². The van der Waals surface area contributed by atoms with Crippen LogP contribution < -0.4 is 5.43 Å². The molecule has 164 valence electrons. The third kappa shape index (κ3) is 5.46. The molecule has 1 aromatic heterocycles. The van der Waals surface area contributed by atoms with E-state index >= 15 is 0 Å². The van der Waals surface area contributed by atoms with Gasteiger partial charge in [0, 0.05) is 30.6 Å². The number of rotatable bonds is 4. The molecule has 1 N–H and O–H groups in total. The number of hydrogen-bond donors (Lipinski definition) is 1. The molecule has 1 aromatic carbocycles. The second-order valence-electron chi connectivity index (χ2n) is 6.90. The van der Waals surface area contributed by atoms with Gasteiger partial charge < -0.3 is 9.64 Å². The summed E-state index contributed by atoms with van der Waals surface area (Å²) in [6.07, 6.45) is 1.74. The molecular formula is C21H22FN3O5S. The average molecular weight is 447 g/mol. The van der Waals surface area contributed by atoms with Gasteiger partial charge in [-0.15, -0.1) is 0 Å².